The van der Waals surface area contributed by atoms with Gasteiger partial charge in [0.15, 0.2) is 5.82 Å². The first-order valence-electron chi connectivity index (χ1n) is 5.08. The molecule has 2 rings (SSSR count). The highest BCUT2D eigenvalue weighted by Gasteiger charge is 2.10. The molecule has 0 spiro atoms. The van der Waals surface area contributed by atoms with Crippen molar-refractivity contribution in [2.75, 3.05) is 5.32 Å². The molecule has 1 aromatic carbocycles. The van der Waals surface area contributed by atoms with Crippen molar-refractivity contribution in [3.05, 3.63) is 52.7 Å². The Morgan fingerprint density at radius 2 is 2.17 bits per heavy atom. The van der Waals surface area contributed by atoms with Crippen molar-refractivity contribution in [2.24, 2.45) is 0 Å². The molecule has 18 heavy (non-hydrogen) atoms. The Morgan fingerprint density at radius 3 is 2.83 bits per heavy atom. The number of aromatic carboxylic acids is 1. The molecule has 0 aliphatic heterocycles. The van der Waals surface area contributed by atoms with Gasteiger partial charge in [-0.2, -0.15) is 0 Å². The molecule has 0 amide bonds. The summed E-state index contributed by atoms with van der Waals surface area (Å²) in [4.78, 5) is 10.6. The van der Waals surface area contributed by atoms with Gasteiger partial charge in [0.25, 0.3) is 0 Å². The van der Waals surface area contributed by atoms with Gasteiger partial charge in [0.2, 0.25) is 5.76 Å². The van der Waals surface area contributed by atoms with Crippen molar-refractivity contribution in [1.29, 1.82) is 0 Å². The maximum Gasteiger partial charge on any atom is 0.371 e. The van der Waals surface area contributed by atoms with Crippen LogP contribution in [0.3, 0.4) is 0 Å². The Labute approximate surface area is 107 Å². The fourth-order valence-corrected chi connectivity index (χ4v) is 1.59. The Kier molecular flexibility index (Phi) is 3.53. The van der Waals surface area contributed by atoms with Crippen molar-refractivity contribution >= 4 is 23.3 Å². The van der Waals surface area contributed by atoms with Crippen LogP contribution in [0.2, 0.25) is 5.02 Å². The summed E-state index contributed by atoms with van der Waals surface area (Å²) in [5.74, 6) is -1.45. The van der Waals surface area contributed by atoms with Gasteiger partial charge in [0, 0.05) is 0 Å². The summed E-state index contributed by atoms with van der Waals surface area (Å²) in [5.41, 5.74) is 0.232. The highest BCUT2D eigenvalue weighted by Crippen LogP contribution is 2.22. The first kappa shape index (κ1) is 12.4. The number of hydrogen-bond donors (Lipinski definition) is 2. The Balaban J connectivity index is 2.07. The zero-order valence-electron chi connectivity index (χ0n) is 9.11. The lowest BCUT2D eigenvalue weighted by Crippen LogP contribution is -2.01. The molecule has 0 saturated carbocycles. The van der Waals surface area contributed by atoms with E-state index in [9.17, 15) is 9.18 Å². The van der Waals surface area contributed by atoms with Crippen LogP contribution in [0.1, 0.15) is 16.3 Å². The molecule has 0 aliphatic carbocycles. The molecule has 0 fully saturated rings. The Bertz CT molecular complexity index is 582. The predicted octanol–water partition coefficient (Wildman–Crippen LogP) is 3.38. The molecule has 6 heteroatoms. The lowest BCUT2D eigenvalue weighted by Gasteiger charge is -2.06. The van der Waals surface area contributed by atoms with Crippen molar-refractivity contribution in [3.63, 3.8) is 0 Å². The second kappa shape index (κ2) is 5.10. The van der Waals surface area contributed by atoms with Gasteiger partial charge in [-0.05, 0) is 24.3 Å². The molecule has 0 aliphatic rings. The number of hydrogen-bond acceptors (Lipinski definition) is 3. The summed E-state index contributed by atoms with van der Waals surface area (Å²) in [7, 11) is 0. The topological polar surface area (TPSA) is 62.5 Å². The van der Waals surface area contributed by atoms with E-state index in [4.69, 9.17) is 21.1 Å². The molecule has 1 aromatic heterocycles. The van der Waals surface area contributed by atoms with Crippen molar-refractivity contribution in [3.8, 4) is 0 Å². The molecular weight excluding hydrogens is 261 g/mol. The molecule has 1 heterocycles. The van der Waals surface area contributed by atoms with Crippen LogP contribution in [0.25, 0.3) is 0 Å². The summed E-state index contributed by atoms with van der Waals surface area (Å²) in [6, 6.07) is 7.44. The maximum absolute atomic E-state index is 13.5. The number of carbonyl (C=O) groups is 1. The van der Waals surface area contributed by atoms with Gasteiger partial charge in [-0.25, -0.2) is 9.18 Å². The van der Waals surface area contributed by atoms with E-state index in [-0.39, 0.29) is 23.0 Å². The van der Waals surface area contributed by atoms with E-state index in [0.29, 0.717) is 5.76 Å². The summed E-state index contributed by atoms with van der Waals surface area (Å²) in [6.07, 6.45) is 0. The van der Waals surface area contributed by atoms with Gasteiger partial charge in [0.05, 0.1) is 17.3 Å². The second-order valence-corrected chi connectivity index (χ2v) is 3.93. The number of carboxylic acids is 1. The first-order valence-corrected chi connectivity index (χ1v) is 5.45. The molecule has 0 bridgehead atoms. The molecule has 0 radical (unpaired) electrons. The third-order valence-corrected chi connectivity index (χ3v) is 2.57. The van der Waals surface area contributed by atoms with E-state index < -0.39 is 11.8 Å². The Morgan fingerprint density at radius 1 is 1.39 bits per heavy atom. The van der Waals surface area contributed by atoms with E-state index in [0.717, 1.165) is 0 Å². The van der Waals surface area contributed by atoms with Crippen LogP contribution in [0.15, 0.2) is 34.7 Å². The zero-order valence-corrected chi connectivity index (χ0v) is 9.87. The fraction of sp³-hybridized carbons (Fsp3) is 0.0833. The van der Waals surface area contributed by atoms with Crippen molar-refractivity contribution in [1.82, 2.24) is 0 Å². The molecule has 0 unspecified atom stereocenters. The number of benzene rings is 1. The minimum Gasteiger partial charge on any atom is -0.475 e. The van der Waals surface area contributed by atoms with Gasteiger partial charge in [-0.1, -0.05) is 17.7 Å². The fourth-order valence-electron chi connectivity index (χ4n) is 1.41. The summed E-state index contributed by atoms with van der Waals surface area (Å²) < 4.78 is 18.5. The van der Waals surface area contributed by atoms with Crippen LogP contribution in [0, 0.1) is 5.82 Å². The molecule has 0 saturated heterocycles. The summed E-state index contributed by atoms with van der Waals surface area (Å²) in [5, 5.41) is 11.5. The molecule has 2 N–H and O–H groups in total. The van der Waals surface area contributed by atoms with E-state index in [1.165, 1.54) is 24.3 Å². The SMILES string of the molecule is O=C(O)c1ccc(CNc2cccc(Cl)c2F)o1. The molecule has 0 atom stereocenters. The number of halogens is 2. The number of anilines is 1. The third kappa shape index (κ3) is 2.62. The second-order valence-electron chi connectivity index (χ2n) is 3.53. The van der Waals surface area contributed by atoms with Gasteiger partial charge >= 0.3 is 5.97 Å². The van der Waals surface area contributed by atoms with Gasteiger partial charge in [-0.15, -0.1) is 0 Å². The van der Waals surface area contributed by atoms with E-state index in [1.807, 2.05) is 0 Å². The summed E-state index contributed by atoms with van der Waals surface area (Å²) >= 11 is 5.63. The largest absolute Gasteiger partial charge is 0.475 e. The molecule has 2 aromatic rings. The number of rotatable bonds is 4. The van der Waals surface area contributed by atoms with E-state index in [1.54, 1.807) is 6.07 Å². The van der Waals surface area contributed by atoms with Gasteiger partial charge < -0.3 is 14.8 Å². The molecule has 4 nitrogen and oxygen atoms in total. The quantitative estimate of drug-likeness (QED) is 0.893. The van der Waals surface area contributed by atoms with Crippen LogP contribution in [0.4, 0.5) is 10.1 Å². The van der Waals surface area contributed by atoms with Gasteiger partial charge in [0.1, 0.15) is 5.76 Å². The van der Waals surface area contributed by atoms with E-state index in [2.05, 4.69) is 5.32 Å². The number of furan rings is 1. The number of carboxylic acid groups (broad SMARTS) is 1. The molecular formula is C12H9ClFNO3. The third-order valence-electron chi connectivity index (χ3n) is 2.28. The number of nitrogens with one attached hydrogen (secondary N) is 1. The summed E-state index contributed by atoms with van der Waals surface area (Å²) in [6.45, 7) is 0.171. The minimum absolute atomic E-state index is 0.0191. The Hall–Kier alpha value is -2.01. The minimum atomic E-state index is -1.14. The van der Waals surface area contributed by atoms with Crippen LogP contribution < -0.4 is 5.32 Å². The lowest BCUT2D eigenvalue weighted by atomic mass is 10.3. The first-order chi connectivity index (χ1) is 8.58. The van der Waals surface area contributed by atoms with E-state index >= 15 is 0 Å². The van der Waals surface area contributed by atoms with Crippen molar-refractivity contribution in [2.45, 2.75) is 6.54 Å². The average Bonchev–Trinajstić information content (AvgIpc) is 2.80. The van der Waals surface area contributed by atoms with Crippen LogP contribution >= 0.6 is 11.6 Å². The smallest absolute Gasteiger partial charge is 0.371 e. The van der Waals surface area contributed by atoms with Crippen molar-refractivity contribution < 1.29 is 18.7 Å². The maximum atomic E-state index is 13.5. The predicted molar refractivity (Wildman–Crippen MR) is 64.4 cm³/mol. The lowest BCUT2D eigenvalue weighted by molar-refractivity contribution is 0.0660. The van der Waals surface area contributed by atoms with Crippen LogP contribution in [-0.2, 0) is 6.54 Å². The molecule has 94 valence electrons. The highest BCUT2D eigenvalue weighted by atomic mass is 35.5. The highest BCUT2D eigenvalue weighted by molar-refractivity contribution is 6.31. The standard InChI is InChI=1S/C12H9ClFNO3/c13-8-2-1-3-9(11(8)14)15-6-7-4-5-10(18-7)12(16)17/h1-5,15H,6H2,(H,16,17). The van der Waals surface area contributed by atoms with Gasteiger partial charge in [-0.3, -0.25) is 0 Å². The normalized spacial score (nSPS) is 10.3. The monoisotopic (exact) mass is 269 g/mol. The zero-order chi connectivity index (χ0) is 13.1. The van der Waals surface area contributed by atoms with Crippen LogP contribution in [-0.4, -0.2) is 11.1 Å². The average molecular weight is 270 g/mol. The van der Waals surface area contributed by atoms with Crippen LogP contribution in [0.5, 0.6) is 0 Å².